The van der Waals surface area contributed by atoms with Gasteiger partial charge in [0.15, 0.2) is 0 Å². The van der Waals surface area contributed by atoms with E-state index in [0.717, 1.165) is 6.07 Å². The molecule has 0 fully saturated rings. The predicted molar refractivity (Wildman–Crippen MR) is 41.6 cm³/mol. The molecule has 0 aliphatic rings. The molecular weight excluding hydrogens is 237 g/mol. The third kappa shape index (κ3) is 3.02. The molecule has 0 bridgehead atoms. The smallest absolute Gasteiger partial charge is 0.392 e. The van der Waals surface area contributed by atoms with Gasteiger partial charge in [0.2, 0.25) is 11.8 Å². The monoisotopic (exact) mass is 243 g/mol. The third-order valence-corrected chi connectivity index (χ3v) is 1.61. The molecule has 0 spiro atoms. The summed E-state index contributed by atoms with van der Waals surface area (Å²) in [4.78, 5) is 2.79. The number of hydrogen-bond donors (Lipinski definition) is 1. The first-order chi connectivity index (χ1) is 7.37. The molecule has 3 nitrogen and oxygen atoms in total. The van der Waals surface area contributed by atoms with E-state index in [-0.39, 0.29) is 0 Å². The third-order valence-electron chi connectivity index (χ3n) is 1.61. The van der Waals surface area contributed by atoms with E-state index in [2.05, 4.69) is 9.72 Å². The zero-order valence-electron chi connectivity index (χ0n) is 7.68. The summed E-state index contributed by atoms with van der Waals surface area (Å²) in [6, 6.07) is 0.726. The lowest BCUT2D eigenvalue weighted by atomic mass is 10.2. The van der Waals surface area contributed by atoms with Crippen LogP contribution >= 0.6 is 0 Å². The largest absolute Gasteiger partial charge is 0.574 e. The van der Waals surface area contributed by atoms with Crippen LogP contribution in [0.25, 0.3) is 0 Å². The van der Waals surface area contributed by atoms with Crippen molar-refractivity contribution < 1.29 is 31.8 Å². The summed E-state index contributed by atoms with van der Waals surface area (Å²) in [6.45, 7) is -2.11. The molecule has 8 heteroatoms. The van der Waals surface area contributed by atoms with Crippen molar-refractivity contribution in [3.8, 4) is 5.88 Å². The van der Waals surface area contributed by atoms with Crippen LogP contribution in [0.15, 0.2) is 6.07 Å². The summed E-state index contributed by atoms with van der Waals surface area (Å²) in [5.74, 6) is -2.52. The van der Waals surface area contributed by atoms with Gasteiger partial charge in [0.1, 0.15) is 6.67 Å². The Morgan fingerprint density at radius 2 is 1.94 bits per heavy atom. The Hall–Kier alpha value is -1.44. The summed E-state index contributed by atoms with van der Waals surface area (Å²) < 4.78 is 64.0. The first-order valence-electron chi connectivity index (χ1n) is 3.98. The number of pyridine rings is 1. The normalized spacial score (nSPS) is 11.6. The van der Waals surface area contributed by atoms with Gasteiger partial charge >= 0.3 is 6.36 Å². The highest BCUT2D eigenvalue weighted by Crippen LogP contribution is 2.26. The minimum absolute atomic E-state index is 0.401. The van der Waals surface area contributed by atoms with Gasteiger partial charge in [-0.2, -0.15) is 9.37 Å². The molecule has 0 radical (unpaired) electrons. The number of halogens is 5. The number of alkyl halides is 4. The average Bonchev–Trinajstić information content (AvgIpc) is 2.16. The molecule has 1 heterocycles. The number of nitrogens with zero attached hydrogens (tertiary/aromatic N) is 1. The zero-order valence-corrected chi connectivity index (χ0v) is 7.68. The molecular formula is C8H6F5NO2. The van der Waals surface area contributed by atoms with Crippen LogP contribution < -0.4 is 4.74 Å². The van der Waals surface area contributed by atoms with Crippen LogP contribution in [-0.4, -0.2) is 16.5 Å². The van der Waals surface area contributed by atoms with Crippen molar-refractivity contribution in [2.24, 2.45) is 0 Å². The Labute approximate surface area is 86.5 Å². The Kier molecular flexibility index (Phi) is 3.63. The van der Waals surface area contributed by atoms with Crippen molar-refractivity contribution in [3.05, 3.63) is 23.1 Å². The second-order valence-corrected chi connectivity index (χ2v) is 2.74. The zero-order chi connectivity index (χ0) is 12.3. The number of aromatic nitrogens is 1. The number of rotatable bonds is 3. The first kappa shape index (κ1) is 12.6. The van der Waals surface area contributed by atoms with Gasteiger partial charge in [-0.15, -0.1) is 13.2 Å². The van der Waals surface area contributed by atoms with Crippen molar-refractivity contribution >= 4 is 0 Å². The molecule has 0 aliphatic heterocycles. The Morgan fingerprint density at radius 1 is 1.31 bits per heavy atom. The molecule has 1 rings (SSSR count). The van der Waals surface area contributed by atoms with E-state index in [4.69, 9.17) is 5.11 Å². The van der Waals surface area contributed by atoms with Crippen LogP contribution in [0.5, 0.6) is 5.88 Å². The summed E-state index contributed by atoms with van der Waals surface area (Å²) in [5.41, 5.74) is -0.982. The van der Waals surface area contributed by atoms with E-state index in [1.807, 2.05) is 0 Å². The van der Waals surface area contributed by atoms with E-state index in [1.54, 1.807) is 0 Å². The molecule has 90 valence electrons. The highest BCUT2D eigenvalue weighted by atomic mass is 19.4. The quantitative estimate of drug-likeness (QED) is 0.652. The molecule has 1 aromatic heterocycles. The average molecular weight is 243 g/mol. The summed E-state index contributed by atoms with van der Waals surface area (Å²) in [7, 11) is 0. The fraction of sp³-hybridized carbons (Fsp3) is 0.375. The van der Waals surface area contributed by atoms with E-state index >= 15 is 0 Å². The molecule has 1 aromatic rings. The Bertz CT molecular complexity index is 379. The van der Waals surface area contributed by atoms with Gasteiger partial charge in [-0.25, -0.2) is 4.39 Å². The number of aliphatic hydroxyl groups excluding tert-OH is 1. The van der Waals surface area contributed by atoms with E-state index in [0.29, 0.717) is 0 Å². The second-order valence-electron chi connectivity index (χ2n) is 2.74. The Morgan fingerprint density at radius 3 is 2.38 bits per heavy atom. The number of aliphatic hydroxyl groups is 1. The van der Waals surface area contributed by atoms with Gasteiger partial charge in [0.05, 0.1) is 6.61 Å². The maximum absolute atomic E-state index is 12.9. The van der Waals surface area contributed by atoms with Gasteiger partial charge in [0.25, 0.3) is 0 Å². The van der Waals surface area contributed by atoms with Crippen LogP contribution in [0.3, 0.4) is 0 Å². The fourth-order valence-corrected chi connectivity index (χ4v) is 0.969. The van der Waals surface area contributed by atoms with E-state index in [1.165, 1.54) is 0 Å². The second kappa shape index (κ2) is 4.60. The van der Waals surface area contributed by atoms with Crippen LogP contribution in [0.2, 0.25) is 0 Å². The lowest BCUT2D eigenvalue weighted by Gasteiger charge is -2.11. The predicted octanol–water partition coefficient (Wildman–Crippen LogP) is 2.08. The molecule has 0 unspecified atom stereocenters. The van der Waals surface area contributed by atoms with E-state index in [9.17, 15) is 22.0 Å². The number of ether oxygens (including phenoxy) is 1. The molecule has 0 amide bonds. The molecule has 0 aliphatic carbocycles. The van der Waals surface area contributed by atoms with Crippen molar-refractivity contribution in [2.75, 3.05) is 0 Å². The van der Waals surface area contributed by atoms with Gasteiger partial charge in [-0.05, 0) is 6.07 Å². The molecule has 0 saturated carbocycles. The van der Waals surface area contributed by atoms with Crippen molar-refractivity contribution in [2.45, 2.75) is 19.6 Å². The first-order valence-corrected chi connectivity index (χ1v) is 3.98. The lowest BCUT2D eigenvalue weighted by Crippen LogP contribution is -2.19. The SMILES string of the molecule is OCc1cc(CF)c(OC(F)(F)F)nc1F. The van der Waals surface area contributed by atoms with Crippen molar-refractivity contribution in [1.29, 1.82) is 0 Å². The number of hydrogen-bond acceptors (Lipinski definition) is 3. The van der Waals surface area contributed by atoms with Gasteiger partial charge in [-0.3, -0.25) is 0 Å². The standard InChI is InChI=1S/C8H6F5NO2/c9-2-4-1-5(3-15)6(10)14-7(4)16-8(11,12)13/h1,15H,2-3H2. The maximum atomic E-state index is 12.9. The lowest BCUT2D eigenvalue weighted by molar-refractivity contribution is -0.276. The Balaban J connectivity index is 3.13. The minimum atomic E-state index is -5.08. The van der Waals surface area contributed by atoms with Crippen LogP contribution in [0, 0.1) is 5.95 Å². The van der Waals surface area contributed by atoms with Crippen molar-refractivity contribution in [3.63, 3.8) is 0 Å². The summed E-state index contributed by atoms with van der Waals surface area (Å²) in [6.07, 6.45) is -5.08. The van der Waals surface area contributed by atoms with Gasteiger partial charge in [-0.1, -0.05) is 0 Å². The van der Waals surface area contributed by atoms with Gasteiger partial charge in [0, 0.05) is 11.1 Å². The highest BCUT2D eigenvalue weighted by Gasteiger charge is 2.33. The van der Waals surface area contributed by atoms with Crippen LogP contribution in [0.4, 0.5) is 22.0 Å². The molecule has 0 saturated heterocycles. The maximum Gasteiger partial charge on any atom is 0.574 e. The molecule has 0 aromatic carbocycles. The molecule has 16 heavy (non-hydrogen) atoms. The highest BCUT2D eigenvalue weighted by molar-refractivity contribution is 5.30. The fourth-order valence-electron chi connectivity index (χ4n) is 0.969. The molecule has 0 atom stereocenters. The van der Waals surface area contributed by atoms with Crippen molar-refractivity contribution in [1.82, 2.24) is 4.98 Å². The van der Waals surface area contributed by atoms with Crippen LogP contribution in [0.1, 0.15) is 11.1 Å². The van der Waals surface area contributed by atoms with Crippen LogP contribution in [-0.2, 0) is 13.3 Å². The minimum Gasteiger partial charge on any atom is -0.392 e. The summed E-state index contributed by atoms with van der Waals surface area (Å²) in [5, 5.41) is 8.60. The topological polar surface area (TPSA) is 42.4 Å². The molecule has 1 N–H and O–H groups in total. The van der Waals surface area contributed by atoms with E-state index < -0.39 is 42.6 Å². The van der Waals surface area contributed by atoms with Gasteiger partial charge < -0.3 is 9.84 Å². The summed E-state index contributed by atoms with van der Waals surface area (Å²) >= 11 is 0.